The second-order valence-electron chi connectivity index (χ2n) is 6.24. The van der Waals surface area contributed by atoms with Crippen molar-refractivity contribution in [3.63, 3.8) is 0 Å². The molecule has 1 aromatic carbocycles. The molecule has 0 aromatic heterocycles. The van der Waals surface area contributed by atoms with Crippen molar-refractivity contribution in [2.75, 3.05) is 19.6 Å². The van der Waals surface area contributed by atoms with Gasteiger partial charge in [0, 0.05) is 32.5 Å². The Morgan fingerprint density at radius 1 is 1.15 bits per heavy atom. The number of rotatable bonds is 11. The molecule has 1 rings (SSSR count). The maximum Gasteiger partial charge on any atom is 0.303 e. The molecule has 0 radical (unpaired) electrons. The summed E-state index contributed by atoms with van der Waals surface area (Å²) in [5.41, 5.74) is 0.872. The number of aryl methyl sites for hydroxylation is 1. The second-order valence-corrected chi connectivity index (χ2v) is 8.18. The molecule has 0 heterocycles. The largest absolute Gasteiger partial charge is 0.481 e. The Morgan fingerprint density at radius 2 is 1.73 bits per heavy atom. The minimum absolute atomic E-state index is 0.0166. The van der Waals surface area contributed by atoms with Crippen molar-refractivity contribution in [1.82, 2.24) is 9.62 Å². The first kappa shape index (κ1) is 22.1. The molecule has 0 fully saturated rings. The Morgan fingerprint density at radius 3 is 2.23 bits per heavy atom. The fourth-order valence-electron chi connectivity index (χ4n) is 2.55. The molecule has 1 amide bonds. The van der Waals surface area contributed by atoms with Crippen LogP contribution in [-0.4, -0.2) is 49.3 Å². The van der Waals surface area contributed by atoms with Crippen molar-refractivity contribution in [3.8, 4) is 0 Å². The van der Waals surface area contributed by atoms with Gasteiger partial charge in [0.25, 0.3) is 0 Å². The fraction of sp³-hybridized carbons (Fsp3) is 0.556. The van der Waals surface area contributed by atoms with Gasteiger partial charge < -0.3 is 10.4 Å². The van der Waals surface area contributed by atoms with E-state index >= 15 is 0 Å². The van der Waals surface area contributed by atoms with Gasteiger partial charge in [0.05, 0.1) is 4.90 Å². The highest BCUT2D eigenvalue weighted by Crippen LogP contribution is 2.16. The Kier molecular flexibility index (Phi) is 8.74. The zero-order chi connectivity index (χ0) is 19.7. The number of sulfonamides is 1. The van der Waals surface area contributed by atoms with E-state index in [2.05, 4.69) is 5.32 Å². The number of carboxylic acid groups (broad SMARTS) is 1. The maximum absolute atomic E-state index is 12.4. The number of nitrogens with zero attached hydrogens (tertiary/aromatic N) is 1. The first-order chi connectivity index (χ1) is 12.2. The van der Waals surface area contributed by atoms with Gasteiger partial charge in [0.15, 0.2) is 0 Å². The van der Waals surface area contributed by atoms with E-state index in [0.717, 1.165) is 5.56 Å². The van der Waals surface area contributed by atoms with Gasteiger partial charge in [-0.05, 0) is 30.0 Å². The van der Waals surface area contributed by atoms with Crippen molar-refractivity contribution < 1.29 is 23.1 Å². The van der Waals surface area contributed by atoms with Crippen LogP contribution in [0.4, 0.5) is 0 Å². The van der Waals surface area contributed by atoms with Gasteiger partial charge in [0.2, 0.25) is 15.9 Å². The molecular formula is C18H28N2O5S. The van der Waals surface area contributed by atoms with Gasteiger partial charge in [-0.3, -0.25) is 9.59 Å². The lowest BCUT2D eigenvalue weighted by atomic mass is 10.1. The maximum atomic E-state index is 12.4. The van der Waals surface area contributed by atoms with Gasteiger partial charge in [-0.2, -0.15) is 4.31 Å². The molecule has 8 heteroatoms. The summed E-state index contributed by atoms with van der Waals surface area (Å²) in [6.45, 7) is 6.52. The lowest BCUT2D eigenvalue weighted by Gasteiger charge is -2.18. The molecule has 146 valence electrons. The minimum Gasteiger partial charge on any atom is -0.481 e. The van der Waals surface area contributed by atoms with E-state index in [1.54, 1.807) is 45.0 Å². The van der Waals surface area contributed by atoms with E-state index in [1.807, 2.05) is 0 Å². The molecule has 0 saturated carbocycles. The smallest absolute Gasteiger partial charge is 0.303 e. The summed E-state index contributed by atoms with van der Waals surface area (Å²) in [5, 5.41) is 11.4. The van der Waals surface area contributed by atoms with Gasteiger partial charge in [-0.15, -0.1) is 0 Å². The number of nitrogens with one attached hydrogen (secondary N) is 1. The van der Waals surface area contributed by atoms with Crippen molar-refractivity contribution in [2.45, 2.75) is 44.9 Å². The fourth-order valence-corrected chi connectivity index (χ4v) is 4.00. The van der Waals surface area contributed by atoms with Crippen LogP contribution in [0.2, 0.25) is 0 Å². The summed E-state index contributed by atoms with van der Waals surface area (Å²) in [5.74, 6) is -1.16. The Labute approximate surface area is 155 Å². The van der Waals surface area contributed by atoms with Crippen molar-refractivity contribution in [2.24, 2.45) is 5.92 Å². The summed E-state index contributed by atoms with van der Waals surface area (Å²) in [4.78, 5) is 22.7. The normalized spacial score (nSPS) is 12.8. The van der Waals surface area contributed by atoms with Gasteiger partial charge >= 0.3 is 5.97 Å². The van der Waals surface area contributed by atoms with Crippen LogP contribution in [0.3, 0.4) is 0 Å². The van der Waals surface area contributed by atoms with E-state index in [0.29, 0.717) is 26.1 Å². The van der Waals surface area contributed by atoms with Gasteiger partial charge in [0.1, 0.15) is 0 Å². The highest BCUT2D eigenvalue weighted by atomic mass is 32.2. The molecule has 0 aliphatic rings. The average Bonchev–Trinajstić information content (AvgIpc) is 2.58. The van der Waals surface area contributed by atoms with Crippen LogP contribution in [0.15, 0.2) is 29.2 Å². The summed E-state index contributed by atoms with van der Waals surface area (Å²) >= 11 is 0. The number of hydrogen-bond donors (Lipinski definition) is 2. The zero-order valence-electron chi connectivity index (χ0n) is 15.6. The second kappa shape index (κ2) is 10.3. The standard InChI is InChI=1S/C18H28N2O5S/c1-4-20(5-2)26(24,25)16-9-6-15(7-10-16)8-11-17(21)19-13-14(3)12-18(22)23/h6-7,9-10,14H,4-5,8,11-13H2,1-3H3,(H,19,21)(H,22,23). The highest BCUT2D eigenvalue weighted by Gasteiger charge is 2.21. The minimum atomic E-state index is -3.47. The first-order valence-corrected chi connectivity index (χ1v) is 10.2. The third-order valence-corrected chi connectivity index (χ3v) is 6.14. The molecule has 1 atom stereocenters. The van der Waals surface area contributed by atoms with Gasteiger partial charge in [-0.1, -0.05) is 32.9 Å². The predicted octanol–water partition coefficient (Wildman–Crippen LogP) is 1.88. The number of carboxylic acids is 1. The SMILES string of the molecule is CCN(CC)S(=O)(=O)c1ccc(CCC(=O)NCC(C)CC(=O)O)cc1. The van der Waals surface area contributed by atoms with Crippen LogP contribution < -0.4 is 5.32 Å². The van der Waals surface area contributed by atoms with Gasteiger partial charge in [-0.25, -0.2) is 8.42 Å². The Bertz CT molecular complexity index is 697. The van der Waals surface area contributed by atoms with Crippen molar-refractivity contribution in [1.29, 1.82) is 0 Å². The topological polar surface area (TPSA) is 104 Å². The molecule has 0 spiro atoms. The molecule has 0 saturated heterocycles. The molecule has 7 nitrogen and oxygen atoms in total. The molecule has 1 unspecified atom stereocenters. The summed E-state index contributed by atoms with van der Waals surface area (Å²) in [6, 6.07) is 6.57. The van der Waals surface area contributed by atoms with Crippen molar-refractivity contribution >= 4 is 21.9 Å². The van der Waals surface area contributed by atoms with Crippen LogP contribution >= 0.6 is 0 Å². The third-order valence-electron chi connectivity index (χ3n) is 4.08. The number of hydrogen-bond acceptors (Lipinski definition) is 4. The van der Waals surface area contributed by atoms with E-state index in [9.17, 15) is 18.0 Å². The quantitative estimate of drug-likeness (QED) is 0.606. The van der Waals surface area contributed by atoms with E-state index in [1.165, 1.54) is 4.31 Å². The molecule has 1 aromatic rings. The predicted molar refractivity (Wildman–Crippen MR) is 99.3 cm³/mol. The van der Waals surface area contributed by atoms with Crippen LogP contribution in [0.5, 0.6) is 0 Å². The number of benzene rings is 1. The van der Waals surface area contributed by atoms with E-state index in [-0.39, 0.29) is 29.6 Å². The average molecular weight is 384 g/mol. The number of amides is 1. The molecule has 0 bridgehead atoms. The summed E-state index contributed by atoms with van der Waals surface area (Å²) in [7, 11) is -3.47. The van der Waals surface area contributed by atoms with E-state index in [4.69, 9.17) is 5.11 Å². The van der Waals surface area contributed by atoms with E-state index < -0.39 is 16.0 Å². The molecule has 26 heavy (non-hydrogen) atoms. The Hall–Kier alpha value is -1.93. The lowest BCUT2D eigenvalue weighted by molar-refractivity contribution is -0.138. The Balaban J connectivity index is 2.55. The van der Waals surface area contributed by atoms with Crippen LogP contribution in [0.25, 0.3) is 0 Å². The lowest BCUT2D eigenvalue weighted by Crippen LogP contribution is -2.30. The molecule has 0 aliphatic heterocycles. The monoisotopic (exact) mass is 384 g/mol. The van der Waals surface area contributed by atoms with Crippen LogP contribution in [0, 0.1) is 5.92 Å². The van der Waals surface area contributed by atoms with Crippen LogP contribution in [0.1, 0.15) is 39.2 Å². The third kappa shape index (κ3) is 6.76. The number of carbonyl (C=O) groups excluding carboxylic acids is 1. The number of carbonyl (C=O) groups is 2. The zero-order valence-corrected chi connectivity index (χ0v) is 16.4. The first-order valence-electron chi connectivity index (χ1n) is 8.78. The van der Waals surface area contributed by atoms with Crippen LogP contribution in [-0.2, 0) is 26.0 Å². The van der Waals surface area contributed by atoms with Crippen molar-refractivity contribution in [3.05, 3.63) is 29.8 Å². The molecular weight excluding hydrogens is 356 g/mol. The summed E-state index contributed by atoms with van der Waals surface area (Å²) in [6.07, 6.45) is 0.773. The summed E-state index contributed by atoms with van der Waals surface area (Å²) < 4.78 is 26.2. The number of aliphatic carboxylic acids is 1. The highest BCUT2D eigenvalue weighted by molar-refractivity contribution is 7.89. The molecule has 0 aliphatic carbocycles. The molecule has 2 N–H and O–H groups in total.